The van der Waals surface area contributed by atoms with Crippen LogP contribution in [-0.4, -0.2) is 40.5 Å². The molecule has 0 saturated carbocycles. The second kappa shape index (κ2) is 5.98. The summed E-state index contributed by atoms with van der Waals surface area (Å²) < 4.78 is 12.6. The number of aromatic nitrogens is 3. The second-order valence-corrected chi connectivity index (χ2v) is 5.56. The van der Waals surface area contributed by atoms with E-state index < -0.39 is 0 Å². The SMILES string of the molecule is O=c1c2[nH]cc(-c3ccccc3)c2ncn1CC1COCCO1. The standard InChI is InChI=1S/C17H17N3O3/c21-17-16-15(14(8-18-16)12-4-2-1-3-5-12)19-11-20(17)9-13-10-22-6-7-23-13/h1-5,8,11,13,18H,6-7,9-10H2. The zero-order valence-corrected chi connectivity index (χ0v) is 12.6. The molecule has 0 bridgehead atoms. The highest BCUT2D eigenvalue weighted by Crippen LogP contribution is 2.25. The molecule has 3 aromatic rings. The maximum absolute atomic E-state index is 12.6. The monoisotopic (exact) mass is 311 g/mol. The topological polar surface area (TPSA) is 69.1 Å². The van der Waals surface area contributed by atoms with E-state index in [0.29, 0.717) is 37.4 Å². The van der Waals surface area contributed by atoms with Gasteiger partial charge in [0.25, 0.3) is 5.56 Å². The van der Waals surface area contributed by atoms with Crippen molar-refractivity contribution in [3.63, 3.8) is 0 Å². The Balaban J connectivity index is 1.71. The summed E-state index contributed by atoms with van der Waals surface area (Å²) in [5.41, 5.74) is 3.09. The van der Waals surface area contributed by atoms with Gasteiger partial charge < -0.3 is 14.5 Å². The number of benzene rings is 1. The van der Waals surface area contributed by atoms with Crippen LogP contribution in [0.2, 0.25) is 0 Å². The summed E-state index contributed by atoms with van der Waals surface area (Å²) in [6.07, 6.45) is 3.31. The van der Waals surface area contributed by atoms with Crippen molar-refractivity contribution in [3.05, 3.63) is 53.2 Å². The van der Waals surface area contributed by atoms with E-state index in [0.717, 1.165) is 11.1 Å². The third-order valence-corrected chi connectivity index (χ3v) is 4.02. The quantitative estimate of drug-likeness (QED) is 0.801. The average Bonchev–Trinajstić information content (AvgIpc) is 3.04. The van der Waals surface area contributed by atoms with Gasteiger partial charge in [-0.3, -0.25) is 9.36 Å². The van der Waals surface area contributed by atoms with Crippen LogP contribution in [0.25, 0.3) is 22.2 Å². The van der Waals surface area contributed by atoms with Crippen LogP contribution in [0.4, 0.5) is 0 Å². The van der Waals surface area contributed by atoms with Gasteiger partial charge in [0.2, 0.25) is 0 Å². The number of hydrogen-bond acceptors (Lipinski definition) is 4. The van der Waals surface area contributed by atoms with E-state index in [2.05, 4.69) is 9.97 Å². The predicted octanol–water partition coefficient (Wildman–Crippen LogP) is 1.81. The number of ether oxygens (including phenoxy) is 2. The van der Waals surface area contributed by atoms with Crippen molar-refractivity contribution in [1.82, 2.24) is 14.5 Å². The molecule has 1 N–H and O–H groups in total. The fourth-order valence-electron chi connectivity index (χ4n) is 2.87. The van der Waals surface area contributed by atoms with Crippen molar-refractivity contribution in [2.24, 2.45) is 0 Å². The van der Waals surface area contributed by atoms with Gasteiger partial charge in [0.05, 0.1) is 38.8 Å². The highest BCUT2D eigenvalue weighted by atomic mass is 16.6. The molecule has 0 spiro atoms. The number of rotatable bonds is 3. The van der Waals surface area contributed by atoms with E-state index in [-0.39, 0.29) is 11.7 Å². The van der Waals surface area contributed by atoms with Crippen molar-refractivity contribution in [1.29, 1.82) is 0 Å². The maximum Gasteiger partial charge on any atom is 0.277 e. The Morgan fingerprint density at radius 3 is 2.91 bits per heavy atom. The molecule has 0 aliphatic carbocycles. The highest BCUT2D eigenvalue weighted by molar-refractivity contribution is 5.91. The Labute approximate surface area is 132 Å². The molecule has 23 heavy (non-hydrogen) atoms. The van der Waals surface area contributed by atoms with E-state index in [9.17, 15) is 4.79 Å². The number of fused-ring (bicyclic) bond motifs is 1. The molecule has 6 heteroatoms. The largest absolute Gasteiger partial charge is 0.376 e. The molecule has 1 aliphatic rings. The molecule has 1 atom stereocenters. The molecule has 4 rings (SSSR count). The molecule has 6 nitrogen and oxygen atoms in total. The van der Waals surface area contributed by atoms with Gasteiger partial charge in [0, 0.05) is 11.8 Å². The van der Waals surface area contributed by atoms with Crippen molar-refractivity contribution >= 4 is 11.0 Å². The Morgan fingerprint density at radius 1 is 1.26 bits per heavy atom. The number of hydrogen-bond donors (Lipinski definition) is 1. The first-order valence-corrected chi connectivity index (χ1v) is 7.64. The lowest BCUT2D eigenvalue weighted by molar-refractivity contribution is -0.0939. The minimum absolute atomic E-state index is 0.0913. The molecule has 1 fully saturated rings. The molecular weight excluding hydrogens is 294 g/mol. The number of H-pyrrole nitrogens is 1. The molecule has 118 valence electrons. The van der Waals surface area contributed by atoms with Crippen LogP contribution < -0.4 is 5.56 Å². The van der Waals surface area contributed by atoms with Crippen LogP contribution in [0.3, 0.4) is 0 Å². The lowest BCUT2D eigenvalue weighted by atomic mass is 10.1. The third-order valence-electron chi connectivity index (χ3n) is 4.02. The van der Waals surface area contributed by atoms with Gasteiger partial charge in [-0.05, 0) is 5.56 Å². The molecule has 1 saturated heterocycles. The molecule has 0 amide bonds. The number of aromatic amines is 1. The summed E-state index contributed by atoms with van der Waals surface area (Å²) in [6.45, 7) is 2.13. The Morgan fingerprint density at radius 2 is 2.13 bits per heavy atom. The molecule has 0 radical (unpaired) electrons. The van der Waals surface area contributed by atoms with Crippen LogP contribution in [0.5, 0.6) is 0 Å². The van der Waals surface area contributed by atoms with E-state index >= 15 is 0 Å². The first kappa shape index (κ1) is 14.2. The number of nitrogens with zero attached hydrogens (tertiary/aromatic N) is 2. The molecule has 1 aromatic carbocycles. The normalized spacial score (nSPS) is 18.3. The molecule has 3 heterocycles. The summed E-state index contributed by atoms with van der Waals surface area (Å²) in [5.74, 6) is 0. The molecule has 1 aliphatic heterocycles. The molecule has 2 aromatic heterocycles. The van der Waals surface area contributed by atoms with Crippen molar-refractivity contribution < 1.29 is 9.47 Å². The van der Waals surface area contributed by atoms with E-state index in [4.69, 9.17) is 9.47 Å². The van der Waals surface area contributed by atoms with Gasteiger partial charge in [-0.15, -0.1) is 0 Å². The zero-order chi connectivity index (χ0) is 15.6. The lowest BCUT2D eigenvalue weighted by Gasteiger charge is -2.23. The van der Waals surface area contributed by atoms with E-state index in [1.165, 1.54) is 0 Å². The summed E-state index contributed by atoms with van der Waals surface area (Å²) in [6, 6.07) is 9.91. The van der Waals surface area contributed by atoms with Crippen LogP contribution in [0.1, 0.15) is 0 Å². The summed E-state index contributed by atoms with van der Waals surface area (Å²) in [7, 11) is 0. The van der Waals surface area contributed by atoms with Crippen LogP contribution >= 0.6 is 0 Å². The molecular formula is C17H17N3O3. The Hall–Kier alpha value is -2.44. The molecule has 1 unspecified atom stereocenters. The minimum atomic E-state index is -0.107. The maximum atomic E-state index is 12.6. The smallest absolute Gasteiger partial charge is 0.277 e. The first-order chi connectivity index (χ1) is 11.3. The van der Waals surface area contributed by atoms with Crippen molar-refractivity contribution in [2.75, 3.05) is 19.8 Å². The summed E-state index contributed by atoms with van der Waals surface area (Å²) in [5, 5.41) is 0. The predicted molar refractivity (Wildman–Crippen MR) is 86.3 cm³/mol. The summed E-state index contributed by atoms with van der Waals surface area (Å²) >= 11 is 0. The fourth-order valence-corrected chi connectivity index (χ4v) is 2.87. The number of nitrogens with one attached hydrogen (secondary N) is 1. The lowest BCUT2D eigenvalue weighted by Crippen LogP contribution is -2.35. The van der Waals surface area contributed by atoms with Crippen LogP contribution in [0.15, 0.2) is 47.7 Å². The van der Waals surface area contributed by atoms with E-state index in [1.807, 2.05) is 36.5 Å². The first-order valence-electron chi connectivity index (χ1n) is 7.64. The van der Waals surface area contributed by atoms with Gasteiger partial charge in [-0.1, -0.05) is 30.3 Å². The van der Waals surface area contributed by atoms with Gasteiger partial charge in [-0.25, -0.2) is 4.98 Å². The minimum Gasteiger partial charge on any atom is -0.376 e. The van der Waals surface area contributed by atoms with Crippen molar-refractivity contribution in [3.8, 4) is 11.1 Å². The van der Waals surface area contributed by atoms with Gasteiger partial charge in [-0.2, -0.15) is 0 Å². The zero-order valence-electron chi connectivity index (χ0n) is 12.6. The second-order valence-electron chi connectivity index (χ2n) is 5.56. The Bertz CT molecular complexity index is 864. The highest BCUT2D eigenvalue weighted by Gasteiger charge is 2.17. The van der Waals surface area contributed by atoms with Crippen molar-refractivity contribution in [2.45, 2.75) is 12.6 Å². The van der Waals surface area contributed by atoms with Gasteiger partial charge >= 0.3 is 0 Å². The van der Waals surface area contributed by atoms with Crippen LogP contribution in [0, 0.1) is 0 Å². The van der Waals surface area contributed by atoms with Gasteiger partial charge in [0.1, 0.15) is 11.0 Å². The van der Waals surface area contributed by atoms with Crippen LogP contribution in [-0.2, 0) is 16.0 Å². The Kier molecular flexibility index (Phi) is 3.69. The summed E-state index contributed by atoms with van der Waals surface area (Å²) in [4.78, 5) is 20.2. The third kappa shape index (κ3) is 2.67. The van der Waals surface area contributed by atoms with Gasteiger partial charge in [0.15, 0.2) is 0 Å². The van der Waals surface area contributed by atoms with E-state index in [1.54, 1.807) is 10.9 Å². The fraction of sp³-hybridized carbons (Fsp3) is 0.294. The average molecular weight is 311 g/mol.